The number of halogens is 1. The molecule has 2 radical (unpaired) electrons. The number of hydrogen-bond acceptors (Lipinski definition) is 11. The van der Waals surface area contributed by atoms with Crippen LogP contribution in [0.1, 0.15) is 81.1 Å². The molecule has 2 aromatic heterocycles. The number of hydrogen-bond donors (Lipinski definition) is 3. The van der Waals surface area contributed by atoms with Crippen molar-refractivity contribution in [2.45, 2.75) is 122 Å². The van der Waals surface area contributed by atoms with Crippen LogP contribution in [-0.2, 0) is 25.6 Å². The van der Waals surface area contributed by atoms with Gasteiger partial charge in [0, 0.05) is 32.2 Å². The van der Waals surface area contributed by atoms with Crippen LogP contribution in [0.5, 0.6) is 0 Å². The van der Waals surface area contributed by atoms with Crippen molar-refractivity contribution in [3.8, 4) is 10.7 Å². The molecule has 0 aliphatic carbocycles. The summed E-state index contributed by atoms with van der Waals surface area (Å²) < 4.78 is 28.3. The van der Waals surface area contributed by atoms with Gasteiger partial charge in [-0.25, -0.2) is 19.0 Å². The maximum atomic E-state index is 14.7. The van der Waals surface area contributed by atoms with Crippen molar-refractivity contribution in [1.29, 1.82) is 0 Å². The number of anilines is 1. The summed E-state index contributed by atoms with van der Waals surface area (Å²) in [4.78, 5) is 43.5. The number of unbranched alkanes of at least 4 members (excludes halogenated alkanes) is 1. The van der Waals surface area contributed by atoms with Gasteiger partial charge in [0.25, 0.3) is 5.67 Å². The molecule has 13 nitrogen and oxygen atoms in total. The lowest BCUT2D eigenvalue weighted by molar-refractivity contribution is -0.158. The highest BCUT2D eigenvalue weighted by atomic mass is 32.1. The minimum absolute atomic E-state index is 0.0216. The molecule has 16 heteroatoms. The molecule has 0 bridgehead atoms. The van der Waals surface area contributed by atoms with Crippen molar-refractivity contribution in [2.24, 2.45) is 17.8 Å². The number of thiazole rings is 1. The number of ketones is 1. The Kier molecular flexibility index (Phi) is 13.4. The second kappa shape index (κ2) is 16.3. The number of carbonyl (C=O) groups excluding carboxylic acids is 2. The number of carboxylic acids is 1. The lowest BCUT2D eigenvalue weighted by atomic mass is 9.62. The normalized spacial score (nSPS) is 23.6. The van der Waals surface area contributed by atoms with Crippen LogP contribution in [0.25, 0.3) is 10.7 Å². The first-order chi connectivity index (χ1) is 22.8. The second-order valence-corrected chi connectivity index (χ2v) is 15.2. The van der Waals surface area contributed by atoms with Crippen molar-refractivity contribution >= 4 is 42.0 Å². The van der Waals surface area contributed by atoms with E-state index in [1.165, 1.54) is 25.4 Å². The van der Waals surface area contributed by atoms with E-state index in [1.807, 2.05) is 31.9 Å². The van der Waals surface area contributed by atoms with E-state index in [-0.39, 0.29) is 30.0 Å². The molecular weight excluding hydrogens is 652 g/mol. The minimum Gasteiger partial charge on any atom is -0.479 e. The molecule has 0 unspecified atom stereocenters. The number of amides is 1. The Balaban J connectivity index is 1.64. The number of cyclic esters (lactones) is 1. The van der Waals surface area contributed by atoms with E-state index in [0.29, 0.717) is 41.8 Å². The fraction of sp³-hybridized carbons (Fsp3) is 0.758. The molecule has 1 aliphatic rings. The predicted octanol–water partition coefficient (Wildman–Crippen LogP) is 4.77. The van der Waals surface area contributed by atoms with E-state index in [0.717, 1.165) is 26.2 Å². The highest BCUT2D eigenvalue weighted by molar-refractivity contribution is 7.18. The summed E-state index contributed by atoms with van der Waals surface area (Å²) in [6.45, 7) is 15.8. The largest absolute Gasteiger partial charge is 0.479 e. The smallest absolute Gasteiger partial charge is 0.410 e. The van der Waals surface area contributed by atoms with E-state index in [1.54, 1.807) is 17.8 Å². The van der Waals surface area contributed by atoms with Gasteiger partial charge in [-0.2, -0.15) is 0 Å². The van der Waals surface area contributed by atoms with E-state index < -0.39 is 40.4 Å². The zero-order valence-electron chi connectivity index (χ0n) is 30.2. The molecule has 0 spiro atoms. The first kappa shape index (κ1) is 40.3. The van der Waals surface area contributed by atoms with Gasteiger partial charge in [0.2, 0.25) is 0 Å². The van der Waals surface area contributed by atoms with Crippen molar-refractivity contribution < 1.29 is 33.4 Å². The SMILES string of the molecule is [B][C@H]([C@@H](C)C(=O)[C@](C)(F)C(=O)O)[C@@](C)(C[C@@H](C)CN[C@H](C)[C@H]1N(CCCCn2cc(-c3ncc(N)s3)nn2)C(=O)O[C@]1(C)[C@H](C)CC)OC. The number of ether oxygens (including phenoxy) is 2. The van der Waals surface area contributed by atoms with Crippen LogP contribution >= 0.6 is 11.3 Å². The summed E-state index contributed by atoms with van der Waals surface area (Å²) in [6.07, 6.45) is 5.83. The molecule has 0 saturated carbocycles. The third-order valence-electron chi connectivity index (χ3n) is 10.4. The summed E-state index contributed by atoms with van der Waals surface area (Å²) in [6, 6.07) is -0.398. The molecule has 0 aromatic carbocycles. The summed E-state index contributed by atoms with van der Waals surface area (Å²) in [7, 11) is 7.92. The average Bonchev–Trinajstić information content (AvgIpc) is 3.77. The number of aryl methyl sites for hydroxylation is 1. The summed E-state index contributed by atoms with van der Waals surface area (Å²) >= 11 is 1.35. The number of methoxy groups -OCH3 is 1. The number of carboxylic acid groups (broad SMARTS) is 1. The molecular formula is C33H53BFN7O6S. The molecule has 49 heavy (non-hydrogen) atoms. The van der Waals surface area contributed by atoms with E-state index in [4.69, 9.17) is 23.1 Å². The average molecular weight is 706 g/mol. The predicted molar refractivity (Wildman–Crippen MR) is 187 cm³/mol. The van der Waals surface area contributed by atoms with Gasteiger partial charge < -0.3 is 25.6 Å². The number of Topliss-reactive ketones (excluding diaryl/α,β-unsaturated/α-hetero) is 1. The number of nitrogen functional groups attached to an aromatic ring is 1. The maximum absolute atomic E-state index is 14.7. The second-order valence-electron chi connectivity index (χ2n) is 14.2. The maximum Gasteiger partial charge on any atom is 0.410 e. The monoisotopic (exact) mass is 705 g/mol. The van der Waals surface area contributed by atoms with Crippen LogP contribution in [0.2, 0.25) is 5.82 Å². The number of nitrogens with one attached hydrogen (secondary N) is 1. The molecule has 3 heterocycles. The zero-order valence-corrected chi connectivity index (χ0v) is 31.1. The summed E-state index contributed by atoms with van der Waals surface area (Å²) in [5.74, 6) is -4.94. The molecule has 9 atom stereocenters. The molecule has 3 rings (SSSR count). The Morgan fingerprint density at radius 2 is 1.92 bits per heavy atom. The zero-order chi connectivity index (χ0) is 36.9. The Morgan fingerprint density at radius 3 is 2.49 bits per heavy atom. The number of nitrogens with two attached hydrogens (primary N) is 1. The Labute approximate surface area is 294 Å². The standard InChI is InChI=1S/C33H53BFN7O6S/c1-10-20(3)33(8)26(42(30(46)48-33)14-12-11-13-41-18-23(39-40-41)28-38-17-24(36)49-28)22(5)37-16-19(2)15-31(6,47-9)25(34)21(4)27(43)32(7,35)29(44)45/h17-22,25-26,37H,10-16,36H2,1-9H3,(H,44,45)/t19-,20-,21-,22-,25-,26-,31-,32+,33-/m1/s1. The van der Waals surface area contributed by atoms with Crippen molar-refractivity contribution in [3.63, 3.8) is 0 Å². The number of aromatic nitrogens is 4. The van der Waals surface area contributed by atoms with Crippen molar-refractivity contribution in [2.75, 3.05) is 25.9 Å². The van der Waals surface area contributed by atoms with Crippen LogP contribution in [-0.4, -0.2) is 105 Å². The molecule has 4 N–H and O–H groups in total. The van der Waals surface area contributed by atoms with E-state index >= 15 is 0 Å². The van der Waals surface area contributed by atoms with Gasteiger partial charge in [-0.1, -0.05) is 44.2 Å². The van der Waals surface area contributed by atoms with Crippen LogP contribution < -0.4 is 11.1 Å². The molecule has 1 saturated heterocycles. The van der Waals surface area contributed by atoms with Crippen LogP contribution in [0, 0.1) is 17.8 Å². The fourth-order valence-electron chi connectivity index (χ4n) is 6.83. The Morgan fingerprint density at radius 1 is 1.27 bits per heavy atom. The molecule has 272 valence electrons. The van der Waals surface area contributed by atoms with Crippen LogP contribution in [0.4, 0.5) is 14.2 Å². The van der Waals surface area contributed by atoms with Gasteiger partial charge in [-0.05, 0) is 77.6 Å². The number of aliphatic carboxylic acids is 1. The molecule has 2 aromatic rings. The Bertz CT molecular complexity index is 1440. The quantitative estimate of drug-likeness (QED) is 0.0983. The topological polar surface area (TPSA) is 175 Å². The third-order valence-corrected chi connectivity index (χ3v) is 11.2. The van der Waals surface area contributed by atoms with Gasteiger partial charge in [0.15, 0.2) is 5.78 Å². The first-order valence-corrected chi connectivity index (χ1v) is 17.8. The third kappa shape index (κ3) is 8.98. The van der Waals surface area contributed by atoms with Crippen molar-refractivity contribution in [1.82, 2.24) is 30.2 Å². The fourth-order valence-corrected chi connectivity index (χ4v) is 7.47. The number of carbonyl (C=O) groups is 3. The number of alkyl halides is 1. The van der Waals surface area contributed by atoms with Crippen LogP contribution in [0.3, 0.4) is 0 Å². The highest BCUT2D eigenvalue weighted by Crippen LogP contribution is 2.41. The van der Waals surface area contributed by atoms with Gasteiger partial charge in [-0.3, -0.25) is 14.4 Å². The van der Waals surface area contributed by atoms with Gasteiger partial charge >= 0.3 is 12.1 Å². The van der Waals surface area contributed by atoms with Crippen LogP contribution in [0.15, 0.2) is 12.4 Å². The first-order valence-electron chi connectivity index (χ1n) is 16.9. The lowest BCUT2D eigenvalue weighted by Gasteiger charge is -2.42. The van der Waals surface area contributed by atoms with Gasteiger partial charge in [0.1, 0.15) is 21.3 Å². The molecule has 1 aliphatic heterocycles. The van der Waals surface area contributed by atoms with E-state index in [9.17, 15) is 23.9 Å². The highest BCUT2D eigenvalue weighted by Gasteiger charge is 2.55. The van der Waals surface area contributed by atoms with Crippen molar-refractivity contribution in [3.05, 3.63) is 12.4 Å². The van der Waals surface area contributed by atoms with Gasteiger partial charge in [-0.15, -0.1) is 5.10 Å². The minimum atomic E-state index is -3.06. The molecule has 1 amide bonds. The van der Waals surface area contributed by atoms with Gasteiger partial charge in [0.05, 0.1) is 31.9 Å². The molecule has 1 fully saturated rings. The Hall–Kier alpha value is -3.11. The number of nitrogens with zero attached hydrogens (tertiary/aromatic N) is 5. The summed E-state index contributed by atoms with van der Waals surface area (Å²) in [5, 5.41) is 22.6. The lowest BCUT2D eigenvalue weighted by Crippen LogP contribution is -2.58. The summed E-state index contributed by atoms with van der Waals surface area (Å²) in [5.41, 5.74) is 1.64. The number of rotatable bonds is 20. The van der Waals surface area contributed by atoms with E-state index in [2.05, 4.69) is 34.5 Å².